The van der Waals surface area contributed by atoms with Crippen LogP contribution in [0.4, 0.5) is 5.69 Å². The largest absolute Gasteiger partial charge is 0.493 e. The second kappa shape index (κ2) is 5.98. The van der Waals surface area contributed by atoms with Gasteiger partial charge >= 0.3 is 0 Å². The summed E-state index contributed by atoms with van der Waals surface area (Å²) in [4.78, 5) is 27.1. The third-order valence-corrected chi connectivity index (χ3v) is 5.86. The highest BCUT2D eigenvalue weighted by Gasteiger charge is 2.59. The number of hydrogen-bond donors (Lipinski definition) is 0. The molecule has 1 aliphatic heterocycles. The average Bonchev–Trinajstić information content (AvgIpc) is 3.37. The van der Waals surface area contributed by atoms with Crippen molar-refractivity contribution < 1.29 is 19.1 Å². The summed E-state index contributed by atoms with van der Waals surface area (Å²) in [5, 5.41) is 0. The number of hydrogen-bond acceptors (Lipinski definition) is 4. The molecule has 3 aliphatic rings. The lowest BCUT2D eigenvalue weighted by Crippen LogP contribution is -2.32. The summed E-state index contributed by atoms with van der Waals surface area (Å²) in [5.41, 5.74) is 0.603. The van der Waals surface area contributed by atoms with Gasteiger partial charge in [-0.1, -0.05) is 24.3 Å². The van der Waals surface area contributed by atoms with Crippen LogP contribution in [0.25, 0.3) is 0 Å². The summed E-state index contributed by atoms with van der Waals surface area (Å²) in [5.74, 6) is 1.79. The number of methoxy groups -OCH3 is 1. The summed E-state index contributed by atoms with van der Waals surface area (Å²) in [6.45, 7) is 0. The number of carbonyl (C=O) groups excluding carboxylic acids is 2. The second-order valence-electron chi connectivity index (χ2n) is 7.26. The minimum atomic E-state index is -0.183. The molecule has 4 unspecified atom stereocenters. The number of benzene rings is 2. The summed E-state index contributed by atoms with van der Waals surface area (Å²) >= 11 is 0. The van der Waals surface area contributed by atoms with Crippen LogP contribution in [-0.2, 0) is 9.59 Å². The van der Waals surface area contributed by atoms with Crippen LogP contribution in [0, 0.1) is 23.7 Å². The molecule has 0 spiro atoms. The Hall–Kier alpha value is -3.08. The first-order chi connectivity index (χ1) is 13.2. The number of para-hydroxylation sites is 2. The lowest BCUT2D eigenvalue weighted by molar-refractivity contribution is -0.123. The normalized spacial score (nSPS) is 28.0. The minimum Gasteiger partial charge on any atom is -0.493 e. The lowest BCUT2D eigenvalue weighted by Gasteiger charge is -2.18. The molecule has 136 valence electrons. The van der Waals surface area contributed by atoms with Gasteiger partial charge in [-0.15, -0.1) is 0 Å². The third-order valence-electron chi connectivity index (χ3n) is 5.86. The van der Waals surface area contributed by atoms with Crippen LogP contribution in [0.2, 0.25) is 0 Å². The summed E-state index contributed by atoms with van der Waals surface area (Å²) in [6, 6.07) is 14.4. The number of amides is 2. The Kier molecular flexibility index (Phi) is 3.57. The first kappa shape index (κ1) is 16.1. The zero-order valence-corrected chi connectivity index (χ0v) is 14.9. The van der Waals surface area contributed by atoms with Gasteiger partial charge in [0.05, 0.1) is 24.6 Å². The van der Waals surface area contributed by atoms with Gasteiger partial charge in [0.25, 0.3) is 0 Å². The van der Waals surface area contributed by atoms with E-state index in [-0.39, 0.29) is 35.5 Å². The van der Waals surface area contributed by atoms with E-state index in [1.807, 2.05) is 24.3 Å². The SMILES string of the molecule is COc1ccccc1Oc1ccc(N2C(=O)C3C4C=CC(C4)C3C2=O)cc1. The summed E-state index contributed by atoms with van der Waals surface area (Å²) in [7, 11) is 1.59. The van der Waals surface area contributed by atoms with E-state index in [0.29, 0.717) is 22.9 Å². The van der Waals surface area contributed by atoms with Gasteiger partial charge in [0.1, 0.15) is 5.75 Å². The first-order valence-electron chi connectivity index (χ1n) is 9.14. The molecule has 2 fully saturated rings. The van der Waals surface area contributed by atoms with Crippen molar-refractivity contribution in [2.45, 2.75) is 6.42 Å². The molecular formula is C22H19NO4. The van der Waals surface area contributed by atoms with E-state index in [2.05, 4.69) is 12.2 Å². The number of imide groups is 1. The van der Waals surface area contributed by atoms with Crippen molar-refractivity contribution in [1.29, 1.82) is 0 Å². The molecule has 2 aromatic rings. The molecule has 2 aliphatic carbocycles. The third kappa shape index (κ3) is 2.38. The lowest BCUT2D eigenvalue weighted by atomic mass is 9.85. The van der Waals surface area contributed by atoms with Gasteiger partial charge in [-0.3, -0.25) is 14.5 Å². The fraction of sp³-hybridized carbons (Fsp3) is 0.273. The van der Waals surface area contributed by atoms with Gasteiger partial charge in [-0.2, -0.15) is 0 Å². The van der Waals surface area contributed by atoms with Crippen LogP contribution in [0.5, 0.6) is 17.2 Å². The minimum absolute atomic E-state index is 0.0692. The molecule has 1 saturated carbocycles. The van der Waals surface area contributed by atoms with E-state index in [4.69, 9.17) is 9.47 Å². The van der Waals surface area contributed by atoms with Crippen molar-refractivity contribution in [3.8, 4) is 17.2 Å². The maximum absolute atomic E-state index is 12.9. The maximum Gasteiger partial charge on any atom is 0.238 e. The highest BCUT2D eigenvalue weighted by molar-refractivity contribution is 6.22. The van der Waals surface area contributed by atoms with Gasteiger partial charge < -0.3 is 9.47 Å². The first-order valence-corrected chi connectivity index (χ1v) is 9.14. The smallest absolute Gasteiger partial charge is 0.238 e. The Morgan fingerprint density at radius 2 is 1.44 bits per heavy atom. The van der Waals surface area contributed by atoms with Gasteiger partial charge in [0.15, 0.2) is 11.5 Å². The topological polar surface area (TPSA) is 55.8 Å². The zero-order valence-electron chi connectivity index (χ0n) is 14.9. The number of nitrogens with zero attached hydrogens (tertiary/aromatic N) is 1. The molecule has 1 saturated heterocycles. The van der Waals surface area contributed by atoms with E-state index in [0.717, 1.165) is 6.42 Å². The Morgan fingerprint density at radius 3 is 2.04 bits per heavy atom. The molecule has 5 nitrogen and oxygen atoms in total. The van der Waals surface area contributed by atoms with Crippen LogP contribution in [0.3, 0.4) is 0 Å². The Balaban J connectivity index is 1.38. The van der Waals surface area contributed by atoms with E-state index >= 15 is 0 Å². The van der Waals surface area contributed by atoms with E-state index in [9.17, 15) is 9.59 Å². The van der Waals surface area contributed by atoms with Gasteiger partial charge in [0.2, 0.25) is 11.8 Å². The van der Waals surface area contributed by atoms with Crippen molar-refractivity contribution in [3.63, 3.8) is 0 Å². The van der Waals surface area contributed by atoms with E-state index < -0.39 is 0 Å². The van der Waals surface area contributed by atoms with Crippen molar-refractivity contribution >= 4 is 17.5 Å². The number of ether oxygens (including phenoxy) is 2. The molecule has 5 heteroatoms. The molecule has 1 heterocycles. The summed E-state index contributed by atoms with van der Waals surface area (Å²) in [6.07, 6.45) is 5.14. The number of anilines is 1. The Morgan fingerprint density at radius 1 is 0.852 bits per heavy atom. The van der Waals surface area contributed by atoms with E-state index in [1.165, 1.54) is 4.90 Å². The maximum atomic E-state index is 12.9. The number of allylic oxidation sites excluding steroid dienone is 2. The number of rotatable bonds is 4. The van der Waals surface area contributed by atoms with Crippen molar-refractivity contribution in [1.82, 2.24) is 0 Å². The van der Waals surface area contributed by atoms with Gasteiger partial charge in [-0.05, 0) is 54.7 Å². The summed E-state index contributed by atoms with van der Waals surface area (Å²) < 4.78 is 11.2. The van der Waals surface area contributed by atoms with Crippen LogP contribution >= 0.6 is 0 Å². The number of fused-ring (bicyclic) bond motifs is 5. The predicted octanol–water partition coefficient (Wildman–Crippen LogP) is 3.80. The second-order valence-corrected chi connectivity index (χ2v) is 7.26. The van der Waals surface area contributed by atoms with Gasteiger partial charge in [0, 0.05) is 0 Å². The highest BCUT2D eigenvalue weighted by atomic mass is 16.5. The Labute approximate surface area is 157 Å². The predicted molar refractivity (Wildman–Crippen MR) is 99.7 cm³/mol. The Bertz CT molecular complexity index is 919. The van der Waals surface area contributed by atoms with E-state index in [1.54, 1.807) is 31.4 Å². The fourth-order valence-corrected chi connectivity index (χ4v) is 4.65. The van der Waals surface area contributed by atoms with Crippen LogP contribution in [0.15, 0.2) is 60.7 Å². The quantitative estimate of drug-likeness (QED) is 0.614. The molecule has 27 heavy (non-hydrogen) atoms. The molecule has 2 aromatic carbocycles. The molecule has 0 N–H and O–H groups in total. The molecule has 2 bridgehead atoms. The molecule has 5 rings (SSSR count). The van der Waals surface area contributed by atoms with Crippen molar-refractivity contribution in [2.24, 2.45) is 23.7 Å². The zero-order chi connectivity index (χ0) is 18.5. The van der Waals surface area contributed by atoms with Crippen molar-refractivity contribution in [3.05, 3.63) is 60.7 Å². The molecule has 0 radical (unpaired) electrons. The molecular weight excluding hydrogens is 342 g/mol. The monoisotopic (exact) mass is 361 g/mol. The fourth-order valence-electron chi connectivity index (χ4n) is 4.65. The molecule has 4 atom stereocenters. The molecule has 0 aromatic heterocycles. The number of carbonyl (C=O) groups is 2. The highest BCUT2D eigenvalue weighted by Crippen LogP contribution is 2.53. The van der Waals surface area contributed by atoms with Crippen molar-refractivity contribution in [2.75, 3.05) is 12.0 Å². The standard InChI is InChI=1S/C22H19NO4/c1-26-17-4-2-3-5-18(17)27-16-10-8-15(9-11-16)23-21(24)19-13-6-7-14(12-13)20(19)22(23)25/h2-11,13-14,19-20H,12H2,1H3. The van der Waals surface area contributed by atoms with Crippen LogP contribution in [0.1, 0.15) is 6.42 Å². The van der Waals surface area contributed by atoms with Crippen LogP contribution < -0.4 is 14.4 Å². The van der Waals surface area contributed by atoms with Crippen LogP contribution in [-0.4, -0.2) is 18.9 Å². The molecule has 2 amide bonds. The average molecular weight is 361 g/mol. The van der Waals surface area contributed by atoms with Gasteiger partial charge in [-0.25, -0.2) is 0 Å².